The molecule has 5 nitrogen and oxygen atoms in total. The normalized spacial score (nSPS) is 22.3. The van der Waals surface area contributed by atoms with Crippen molar-refractivity contribution in [3.63, 3.8) is 0 Å². The summed E-state index contributed by atoms with van der Waals surface area (Å²) in [6, 6.07) is 7.81. The van der Waals surface area contributed by atoms with Crippen molar-refractivity contribution in [1.29, 1.82) is 0 Å². The highest BCUT2D eigenvalue weighted by Crippen LogP contribution is 2.46. The summed E-state index contributed by atoms with van der Waals surface area (Å²) >= 11 is 0. The number of rotatable bonds is 2. The molecule has 0 aromatic heterocycles. The summed E-state index contributed by atoms with van der Waals surface area (Å²) in [5.74, 6) is -0.467. The third-order valence-corrected chi connectivity index (χ3v) is 5.53. The average Bonchev–Trinajstić information content (AvgIpc) is 3.23. The van der Waals surface area contributed by atoms with E-state index in [0.717, 1.165) is 43.4 Å². The molecule has 0 radical (unpaired) electrons. The quantitative estimate of drug-likeness (QED) is 0.784. The number of likely N-dealkylation sites (tertiary alicyclic amines) is 1. The zero-order chi connectivity index (χ0) is 16.0. The molecule has 2 heterocycles. The van der Waals surface area contributed by atoms with E-state index in [0.29, 0.717) is 6.54 Å². The second kappa shape index (κ2) is 5.18. The predicted molar refractivity (Wildman–Crippen MR) is 84.7 cm³/mol. The van der Waals surface area contributed by atoms with E-state index in [1.54, 1.807) is 4.90 Å². The van der Waals surface area contributed by atoms with Gasteiger partial charge in [0.1, 0.15) is 6.54 Å². The number of amides is 3. The molecule has 0 bridgehead atoms. The van der Waals surface area contributed by atoms with Gasteiger partial charge in [0, 0.05) is 18.7 Å². The summed E-state index contributed by atoms with van der Waals surface area (Å²) in [4.78, 5) is 40.5. The zero-order valence-electron chi connectivity index (χ0n) is 13.1. The third-order valence-electron chi connectivity index (χ3n) is 5.53. The maximum Gasteiger partial charge on any atom is 0.247 e. The van der Waals surface area contributed by atoms with E-state index in [1.165, 1.54) is 4.90 Å². The van der Waals surface area contributed by atoms with E-state index in [9.17, 15) is 14.4 Å². The van der Waals surface area contributed by atoms with Gasteiger partial charge in [-0.3, -0.25) is 19.3 Å². The first-order chi connectivity index (χ1) is 11.1. The molecule has 1 spiro atoms. The van der Waals surface area contributed by atoms with E-state index < -0.39 is 5.41 Å². The Morgan fingerprint density at radius 3 is 2.65 bits per heavy atom. The SMILES string of the molecule is O=C1CC2(CCCC2)C(=O)N1CC(=O)N1CCc2ccccc21. The topological polar surface area (TPSA) is 57.7 Å². The van der Waals surface area contributed by atoms with Crippen LogP contribution in [-0.2, 0) is 20.8 Å². The Hall–Kier alpha value is -2.17. The smallest absolute Gasteiger partial charge is 0.247 e. The molecule has 5 heteroatoms. The van der Waals surface area contributed by atoms with Crippen molar-refractivity contribution in [2.45, 2.75) is 38.5 Å². The fourth-order valence-electron chi connectivity index (χ4n) is 4.28. The van der Waals surface area contributed by atoms with Gasteiger partial charge >= 0.3 is 0 Å². The Bertz CT molecular complexity index is 691. The molecule has 2 aliphatic heterocycles. The second-order valence-electron chi connectivity index (χ2n) is 6.87. The summed E-state index contributed by atoms with van der Waals surface area (Å²) in [5, 5.41) is 0. The van der Waals surface area contributed by atoms with Crippen LogP contribution >= 0.6 is 0 Å². The fraction of sp³-hybridized carbons (Fsp3) is 0.500. The lowest BCUT2D eigenvalue weighted by Gasteiger charge is -2.23. The van der Waals surface area contributed by atoms with E-state index >= 15 is 0 Å². The Balaban J connectivity index is 1.51. The number of imide groups is 1. The van der Waals surface area contributed by atoms with Crippen LogP contribution in [0.3, 0.4) is 0 Å². The molecule has 23 heavy (non-hydrogen) atoms. The van der Waals surface area contributed by atoms with Crippen molar-refractivity contribution in [2.75, 3.05) is 18.0 Å². The number of fused-ring (bicyclic) bond motifs is 1. The van der Waals surface area contributed by atoms with E-state index in [2.05, 4.69) is 0 Å². The first kappa shape index (κ1) is 14.4. The lowest BCUT2D eigenvalue weighted by atomic mass is 9.84. The minimum absolute atomic E-state index is 0.117. The Labute approximate surface area is 135 Å². The number of hydrogen-bond donors (Lipinski definition) is 0. The number of benzene rings is 1. The first-order valence-electron chi connectivity index (χ1n) is 8.34. The molecule has 4 rings (SSSR count). The molecule has 1 aromatic rings. The van der Waals surface area contributed by atoms with Crippen molar-refractivity contribution in [1.82, 2.24) is 4.90 Å². The van der Waals surface area contributed by atoms with E-state index in [4.69, 9.17) is 0 Å². The van der Waals surface area contributed by atoms with Crippen LogP contribution in [0.25, 0.3) is 0 Å². The molecule has 3 aliphatic rings. The number of carbonyl (C=O) groups is 3. The maximum absolute atomic E-state index is 12.7. The molecular weight excluding hydrogens is 292 g/mol. The van der Waals surface area contributed by atoms with E-state index in [1.807, 2.05) is 24.3 Å². The number of carbonyl (C=O) groups excluding carboxylic acids is 3. The van der Waals surface area contributed by atoms with Gasteiger partial charge in [-0.25, -0.2) is 0 Å². The standard InChI is InChI=1S/C18H20N2O3/c21-15-11-18(8-3-4-9-18)17(23)20(15)12-16(22)19-10-7-13-5-1-2-6-14(13)19/h1-2,5-6H,3-4,7-12H2. The molecule has 1 saturated heterocycles. The van der Waals surface area contributed by atoms with Gasteiger partial charge < -0.3 is 4.90 Å². The van der Waals surface area contributed by atoms with E-state index in [-0.39, 0.29) is 30.7 Å². The van der Waals surface area contributed by atoms with Crippen LogP contribution in [0.15, 0.2) is 24.3 Å². The summed E-state index contributed by atoms with van der Waals surface area (Å²) in [7, 11) is 0. The summed E-state index contributed by atoms with van der Waals surface area (Å²) < 4.78 is 0. The lowest BCUT2D eigenvalue weighted by Crippen LogP contribution is -2.43. The highest BCUT2D eigenvalue weighted by molar-refractivity contribution is 6.10. The monoisotopic (exact) mass is 312 g/mol. The lowest BCUT2D eigenvalue weighted by molar-refractivity contribution is -0.144. The molecule has 1 saturated carbocycles. The molecule has 1 aromatic carbocycles. The molecule has 120 valence electrons. The van der Waals surface area contributed by atoms with Gasteiger partial charge in [-0.05, 0) is 30.9 Å². The van der Waals surface area contributed by atoms with Gasteiger partial charge in [-0.1, -0.05) is 31.0 Å². The number of anilines is 1. The Kier molecular flexibility index (Phi) is 3.25. The van der Waals surface area contributed by atoms with Crippen molar-refractivity contribution in [3.8, 4) is 0 Å². The number of para-hydroxylation sites is 1. The Morgan fingerprint density at radius 1 is 1.13 bits per heavy atom. The highest BCUT2D eigenvalue weighted by Gasteiger charge is 2.53. The Morgan fingerprint density at radius 2 is 1.87 bits per heavy atom. The molecular formula is C18H20N2O3. The average molecular weight is 312 g/mol. The van der Waals surface area contributed by atoms with Gasteiger partial charge in [0.15, 0.2) is 0 Å². The van der Waals surface area contributed by atoms with Gasteiger partial charge in [-0.15, -0.1) is 0 Å². The largest absolute Gasteiger partial charge is 0.310 e. The third kappa shape index (κ3) is 2.18. The molecule has 1 aliphatic carbocycles. The predicted octanol–water partition coefficient (Wildman–Crippen LogP) is 1.89. The van der Waals surface area contributed by atoms with Crippen LogP contribution < -0.4 is 4.90 Å². The summed E-state index contributed by atoms with van der Waals surface area (Å²) in [6.07, 6.45) is 4.69. The molecule has 0 unspecified atom stereocenters. The van der Waals surface area contributed by atoms with Crippen molar-refractivity contribution >= 4 is 23.4 Å². The van der Waals surface area contributed by atoms with Crippen molar-refractivity contribution < 1.29 is 14.4 Å². The van der Waals surface area contributed by atoms with Crippen LogP contribution in [0.2, 0.25) is 0 Å². The zero-order valence-corrected chi connectivity index (χ0v) is 13.1. The second-order valence-corrected chi connectivity index (χ2v) is 6.87. The van der Waals surface area contributed by atoms with Crippen LogP contribution in [0.4, 0.5) is 5.69 Å². The van der Waals surface area contributed by atoms with Gasteiger partial charge in [0.25, 0.3) is 0 Å². The van der Waals surface area contributed by atoms with Crippen LogP contribution in [0.1, 0.15) is 37.7 Å². The molecule has 3 amide bonds. The van der Waals surface area contributed by atoms with Crippen molar-refractivity contribution in [3.05, 3.63) is 29.8 Å². The highest BCUT2D eigenvalue weighted by atomic mass is 16.2. The first-order valence-corrected chi connectivity index (χ1v) is 8.34. The van der Waals surface area contributed by atoms with Gasteiger partial charge in [0.05, 0.1) is 5.41 Å². The minimum atomic E-state index is -0.500. The minimum Gasteiger partial charge on any atom is -0.310 e. The van der Waals surface area contributed by atoms with Crippen molar-refractivity contribution in [2.24, 2.45) is 5.41 Å². The summed E-state index contributed by atoms with van der Waals surface area (Å²) in [6.45, 7) is 0.507. The van der Waals surface area contributed by atoms with Crippen LogP contribution in [-0.4, -0.2) is 35.7 Å². The van der Waals surface area contributed by atoms with Crippen LogP contribution in [0.5, 0.6) is 0 Å². The van der Waals surface area contributed by atoms with Crippen LogP contribution in [0, 0.1) is 5.41 Å². The van der Waals surface area contributed by atoms with Gasteiger partial charge in [0.2, 0.25) is 17.7 Å². The fourth-order valence-corrected chi connectivity index (χ4v) is 4.28. The molecule has 0 N–H and O–H groups in total. The molecule has 2 fully saturated rings. The molecule has 0 atom stereocenters. The van der Waals surface area contributed by atoms with Gasteiger partial charge in [-0.2, -0.15) is 0 Å². The number of nitrogens with zero attached hydrogens (tertiary/aromatic N) is 2. The summed E-state index contributed by atoms with van der Waals surface area (Å²) in [5.41, 5.74) is 1.56. The number of hydrogen-bond acceptors (Lipinski definition) is 3. The maximum atomic E-state index is 12.7.